The van der Waals surface area contributed by atoms with E-state index in [-0.39, 0.29) is 6.54 Å². The Hall–Kier alpha value is -1.80. The van der Waals surface area contributed by atoms with Gasteiger partial charge in [0.25, 0.3) is 5.91 Å². The Bertz CT molecular complexity index is 438. The van der Waals surface area contributed by atoms with E-state index < -0.39 is 11.5 Å². The molecule has 0 saturated carbocycles. The molecule has 16 heavy (non-hydrogen) atoms. The predicted octanol–water partition coefficient (Wildman–Crippen LogP) is -0.233. The van der Waals surface area contributed by atoms with Crippen LogP contribution in [0.3, 0.4) is 0 Å². The molecule has 5 nitrogen and oxygen atoms in total. The standard InChI is InChI=1S/C11H15N3O2/c1-4-5-10(15)12-8-11(2,16)9-6-13-14(3)7-9/h6-7,16H,8H2,1-3H3,(H,12,15). The van der Waals surface area contributed by atoms with Gasteiger partial charge in [-0.15, -0.1) is 0 Å². The number of amides is 1. The summed E-state index contributed by atoms with van der Waals surface area (Å²) in [5.41, 5.74) is -0.487. The van der Waals surface area contributed by atoms with Gasteiger partial charge in [-0.2, -0.15) is 5.10 Å². The van der Waals surface area contributed by atoms with E-state index in [2.05, 4.69) is 22.3 Å². The molecule has 1 unspecified atom stereocenters. The van der Waals surface area contributed by atoms with E-state index >= 15 is 0 Å². The third-order valence-corrected chi connectivity index (χ3v) is 2.16. The lowest BCUT2D eigenvalue weighted by Crippen LogP contribution is -2.37. The maximum absolute atomic E-state index is 11.1. The third-order valence-electron chi connectivity index (χ3n) is 2.16. The summed E-state index contributed by atoms with van der Waals surface area (Å²) in [6.45, 7) is 3.30. The fourth-order valence-corrected chi connectivity index (χ4v) is 1.21. The average Bonchev–Trinajstić information content (AvgIpc) is 2.63. The summed E-state index contributed by atoms with van der Waals surface area (Å²) in [6, 6.07) is 0. The van der Waals surface area contributed by atoms with Gasteiger partial charge in [-0.3, -0.25) is 9.48 Å². The van der Waals surface area contributed by atoms with Gasteiger partial charge >= 0.3 is 0 Å². The van der Waals surface area contributed by atoms with E-state index in [1.54, 1.807) is 38.0 Å². The second-order valence-corrected chi connectivity index (χ2v) is 3.73. The fourth-order valence-electron chi connectivity index (χ4n) is 1.21. The molecule has 2 N–H and O–H groups in total. The molecule has 1 atom stereocenters. The lowest BCUT2D eigenvalue weighted by molar-refractivity contribution is -0.116. The Morgan fingerprint density at radius 3 is 2.94 bits per heavy atom. The van der Waals surface area contributed by atoms with Crippen LogP contribution in [0.2, 0.25) is 0 Å². The van der Waals surface area contributed by atoms with Crippen LogP contribution < -0.4 is 5.32 Å². The topological polar surface area (TPSA) is 67.2 Å². The maximum Gasteiger partial charge on any atom is 0.295 e. The minimum absolute atomic E-state index is 0.103. The monoisotopic (exact) mass is 221 g/mol. The third kappa shape index (κ3) is 3.11. The summed E-state index contributed by atoms with van der Waals surface area (Å²) in [7, 11) is 1.76. The minimum Gasteiger partial charge on any atom is -0.383 e. The minimum atomic E-state index is -1.14. The molecule has 1 amide bonds. The smallest absolute Gasteiger partial charge is 0.295 e. The van der Waals surface area contributed by atoms with E-state index in [4.69, 9.17) is 0 Å². The number of rotatable bonds is 3. The van der Waals surface area contributed by atoms with Crippen LogP contribution >= 0.6 is 0 Å². The number of aryl methyl sites for hydroxylation is 1. The van der Waals surface area contributed by atoms with Crippen LogP contribution in [-0.2, 0) is 17.4 Å². The van der Waals surface area contributed by atoms with Crippen molar-refractivity contribution in [1.82, 2.24) is 15.1 Å². The molecule has 0 bridgehead atoms. The number of hydrogen-bond donors (Lipinski definition) is 2. The Balaban J connectivity index is 2.64. The van der Waals surface area contributed by atoms with E-state index in [1.165, 1.54) is 0 Å². The molecule has 0 aliphatic rings. The highest BCUT2D eigenvalue weighted by Crippen LogP contribution is 2.18. The van der Waals surface area contributed by atoms with E-state index in [9.17, 15) is 9.90 Å². The number of hydrogen-bond acceptors (Lipinski definition) is 3. The van der Waals surface area contributed by atoms with Crippen molar-refractivity contribution in [3.8, 4) is 11.8 Å². The van der Waals surface area contributed by atoms with E-state index in [0.29, 0.717) is 5.56 Å². The average molecular weight is 221 g/mol. The van der Waals surface area contributed by atoms with Crippen LogP contribution in [0.5, 0.6) is 0 Å². The molecular formula is C11H15N3O2. The van der Waals surface area contributed by atoms with Crippen molar-refractivity contribution < 1.29 is 9.90 Å². The van der Waals surface area contributed by atoms with Gasteiger partial charge in [-0.1, -0.05) is 5.92 Å². The number of carbonyl (C=O) groups is 1. The number of aromatic nitrogens is 2. The summed E-state index contributed by atoms with van der Waals surface area (Å²) < 4.78 is 1.59. The van der Waals surface area contributed by atoms with Crippen LogP contribution in [0.25, 0.3) is 0 Å². The Kier molecular flexibility index (Phi) is 3.69. The van der Waals surface area contributed by atoms with E-state index in [0.717, 1.165) is 0 Å². The van der Waals surface area contributed by atoms with Gasteiger partial charge in [0.2, 0.25) is 0 Å². The zero-order chi connectivity index (χ0) is 12.2. The van der Waals surface area contributed by atoms with Crippen LogP contribution in [0.15, 0.2) is 12.4 Å². The molecule has 0 saturated heterocycles. The van der Waals surface area contributed by atoms with Crippen LogP contribution in [0, 0.1) is 11.8 Å². The highest BCUT2D eigenvalue weighted by molar-refractivity contribution is 5.93. The molecule has 0 fully saturated rings. The molecule has 0 aromatic carbocycles. The fraction of sp³-hybridized carbons (Fsp3) is 0.455. The normalized spacial score (nSPS) is 13.5. The summed E-state index contributed by atoms with van der Waals surface area (Å²) in [5, 5.41) is 16.6. The molecule has 1 aromatic heterocycles. The zero-order valence-electron chi connectivity index (χ0n) is 9.61. The summed E-state index contributed by atoms with van der Waals surface area (Å²) >= 11 is 0. The number of nitrogens with zero attached hydrogens (tertiary/aromatic N) is 2. The van der Waals surface area contributed by atoms with Crippen LogP contribution in [0.4, 0.5) is 0 Å². The van der Waals surface area contributed by atoms with Gasteiger partial charge in [0.1, 0.15) is 5.60 Å². The van der Waals surface area contributed by atoms with Crippen molar-refractivity contribution in [2.75, 3.05) is 6.54 Å². The summed E-state index contributed by atoms with van der Waals surface area (Å²) in [4.78, 5) is 11.1. The predicted molar refractivity (Wildman–Crippen MR) is 59.2 cm³/mol. The van der Waals surface area contributed by atoms with Gasteiger partial charge in [0.05, 0.1) is 12.7 Å². The SMILES string of the molecule is CC#CC(=O)NCC(C)(O)c1cnn(C)c1. The second kappa shape index (κ2) is 4.81. The van der Waals surface area contributed by atoms with Crippen molar-refractivity contribution in [1.29, 1.82) is 0 Å². The molecule has 1 heterocycles. The Labute approximate surface area is 94.5 Å². The summed E-state index contributed by atoms with van der Waals surface area (Å²) in [5.74, 6) is 4.43. The maximum atomic E-state index is 11.1. The quantitative estimate of drug-likeness (QED) is 0.693. The first kappa shape index (κ1) is 12.3. The molecule has 5 heteroatoms. The number of aliphatic hydroxyl groups is 1. The largest absolute Gasteiger partial charge is 0.383 e. The molecule has 0 aliphatic heterocycles. The van der Waals surface area contributed by atoms with Gasteiger partial charge in [0, 0.05) is 18.8 Å². The van der Waals surface area contributed by atoms with Crippen molar-refractivity contribution in [2.45, 2.75) is 19.4 Å². The molecule has 1 aromatic rings. The lowest BCUT2D eigenvalue weighted by Gasteiger charge is -2.21. The van der Waals surface area contributed by atoms with Gasteiger partial charge < -0.3 is 10.4 Å². The Morgan fingerprint density at radius 1 is 1.75 bits per heavy atom. The molecule has 0 aliphatic carbocycles. The second-order valence-electron chi connectivity index (χ2n) is 3.73. The van der Waals surface area contributed by atoms with Gasteiger partial charge in [-0.25, -0.2) is 0 Å². The Morgan fingerprint density at radius 2 is 2.44 bits per heavy atom. The van der Waals surface area contributed by atoms with E-state index in [1.807, 2.05) is 0 Å². The first-order valence-electron chi connectivity index (χ1n) is 4.88. The lowest BCUT2D eigenvalue weighted by atomic mass is 10.00. The number of carbonyl (C=O) groups excluding carboxylic acids is 1. The summed E-state index contributed by atoms with van der Waals surface area (Å²) in [6.07, 6.45) is 3.27. The molecular weight excluding hydrogens is 206 g/mol. The molecule has 86 valence electrons. The first-order valence-corrected chi connectivity index (χ1v) is 4.88. The van der Waals surface area contributed by atoms with Crippen LogP contribution in [-0.4, -0.2) is 27.3 Å². The van der Waals surface area contributed by atoms with Crippen molar-refractivity contribution >= 4 is 5.91 Å². The van der Waals surface area contributed by atoms with Crippen molar-refractivity contribution in [3.63, 3.8) is 0 Å². The highest BCUT2D eigenvalue weighted by atomic mass is 16.3. The van der Waals surface area contributed by atoms with Crippen molar-refractivity contribution in [3.05, 3.63) is 18.0 Å². The highest BCUT2D eigenvalue weighted by Gasteiger charge is 2.24. The van der Waals surface area contributed by atoms with Gasteiger partial charge in [0.15, 0.2) is 0 Å². The van der Waals surface area contributed by atoms with Crippen molar-refractivity contribution in [2.24, 2.45) is 7.05 Å². The first-order chi connectivity index (χ1) is 7.45. The van der Waals surface area contributed by atoms with Gasteiger partial charge in [-0.05, 0) is 19.8 Å². The zero-order valence-corrected chi connectivity index (χ0v) is 9.61. The van der Waals surface area contributed by atoms with Crippen LogP contribution in [0.1, 0.15) is 19.4 Å². The molecule has 0 radical (unpaired) electrons. The molecule has 1 rings (SSSR count). The number of nitrogens with one attached hydrogen (secondary N) is 1. The molecule has 0 spiro atoms.